The molecule has 0 aliphatic rings. The van der Waals surface area contributed by atoms with E-state index in [0.717, 1.165) is 21.8 Å². The van der Waals surface area contributed by atoms with E-state index in [1.807, 2.05) is 30.3 Å². The van der Waals surface area contributed by atoms with Crippen LogP contribution in [0.25, 0.3) is 21.8 Å². The van der Waals surface area contributed by atoms with Crippen molar-refractivity contribution >= 4 is 33.4 Å². The quantitative estimate of drug-likeness (QED) is 0.201. The van der Waals surface area contributed by atoms with Crippen LogP contribution in [0.4, 0.5) is 0 Å². The topological polar surface area (TPSA) is 25.8 Å². The van der Waals surface area contributed by atoms with Crippen LogP contribution in [0.1, 0.15) is 24.8 Å². The Kier molecular flexibility index (Phi) is 7.69. The van der Waals surface area contributed by atoms with E-state index in [-0.39, 0.29) is 24.9 Å². The van der Waals surface area contributed by atoms with Gasteiger partial charge >= 0.3 is 0 Å². The van der Waals surface area contributed by atoms with Gasteiger partial charge in [0, 0.05) is 42.6 Å². The Bertz CT molecular complexity index is 903. The first kappa shape index (κ1) is 20.5. The van der Waals surface area contributed by atoms with E-state index in [2.05, 4.69) is 60.2 Å². The minimum atomic E-state index is 0. The number of nitrogens with zero attached hydrogens (tertiary/aromatic N) is 2. The van der Waals surface area contributed by atoms with Crippen LogP contribution < -0.4 is 0 Å². The van der Waals surface area contributed by atoms with Gasteiger partial charge in [0.05, 0.1) is 16.4 Å². The third-order valence-corrected chi connectivity index (χ3v) is 4.80. The van der Waals surface area contributed by atoms with Crippen LogP contribution in [0.5, 0.6) is 0 Å². The molecule has 1 atom stereocenters. The first-order chi connectivity index (χ1) is 12.2. The van der Waals surface area contributed by atoms with Crippen molar-refractivity contribution in [2.75, 3.05) is 0 Å². The standard InChI is InChI=1S/C12H8N2.C10H13Cl.Ru/c1-3-9-5-6-10-4-2-8-14-12(10)11(9)13-7-1;1-8(2)10(11)9-6-4-3-5-7-9;/h1-8H;3-8,10H,1-2H3;. The molecule has 4 rings (SSSR count). The van der Waals surface area contributed by atoms with Gasteiger partial charge in [-0.3, -0.25) is 9.97 Å². The zero-order chi connectivity index (χ0) is 17.6. The van der Waals surface area contributed by atoms with E-state index < -0.39 is 0 Å². The van der Waals surface area contributed by atoms with Gasteiger partial charge in [0.25, 0.3) is 0 Å². The van der Waals surface area contributed by atoms with Gasteiger partial charge in [-0.05, 0) is 23.6 Å². The van der Waals surface area contributed by atoms with Crippen molar-refractivity contribution in [3.63, 3.8) is 0 Å². The molecule has 0 bridgehead atoms. The molecule has 1 unspecified atom stereocenters. The molecule has 134 valence electrons. The van der Waals surface area contributed by atoms with Gasteiger partial charge < -0.3 is 0 Å². The molecule has 0 aliphatic carbocycles. The van der Waals surface area contributed by atoms with Crippen LogP contribution in [0.2, 0.25) is 0 Å². The fraction of sp³-hybridized carbons (Fsp3) is 0.182. The van der Waals surface area contributed by atoms with Crippen molar-refractivity contribution in [1.29, 1.82) is 0 Å². The van der Waals surface area contributed by atoms with Crippen molar-refractivity contribution in [2.45, 2.75) is 19.2 Å². The molecule has 0 amide bonds. The third kappa shape index (κ3) is 4.87. The number of rotatable bonds is 2. The van der Waals surface area contributed by atoms with E-state index in [1.165, 1.54) is 5.56 Å². The van der Waals surface area contributed by atoms with E-state index in [9.17, 15) is 0 Å². The molecule has 0 aliphatic heterocycles. The zero-order valence-corrected chi connectivity index (χ0v) is 17.3. The van der Waals surface area contributed by atoms with Gasteiger partial charge in [-0.15, -0.1) is 11.6 Å². The average molecular weight is 450 g/mol. The summed E-state index contributed by atoms with van der Waals surface area (Å²) in [6, 6.07) is 22.3. The fourth-order valence-electron chi connectivity index (χ4n) is 2.70. The van der Waals surface area contributed by atoms with Gasteiger partial charge in [0.15, 0.2) is 0 Å². The smallest absolute Gasteiger partial charge is 0.0964 e. The second-order valence-electron chi connectivity index (χ2n) is 6.27. The Morgan fingerprint density at radius 1 is 0.692 bits per heavy atom. The molecule has 0 saturated heterocycles. The van der Waals surface area contributed by atoms with Crippen LogP contribution >= 0.6 is 11.6 Å². The Morgan fingerprint density at radius 2 is 1.19 bits per heavy atom. The normalized spacial score (nSPS) is 11.5. The summed E-state index contributed by atoms with van der Waals surface area (Å²) in [5, 5.41) is 2.42. The number of alkyl halides is 1. The number of benzene rings is 2. The van der Waals surface area contributed by atoms with E-state index in [4.69, 9.17) is 11.6 Å². The molecule has 2 aromatic heterocycles. The molecule has 2 nitrogen and oxygen atoms in total. The third-order valence-electron chi connectivity index (χ3n) is 4.05. The Balaban J connectivity index is 0.000000186. The Hall–Kier alpha value is -1.83. The molecule has 0 radical (unpaired) electrons. The van der Waals surface area contributed by atoms with Crippen molar-refractivity contribution in [3.05, 3.63) is 84.7 Å². The molecule has 0 spiro atoms. The Morgan fingerprint density at radius 3 is 1.65 bits per heavy atom. The molecule has 4 aromatic rings. The number of fused-ring (bicyclic) bond motifs is 3. The second kappa shape index (κ2) is 9.76. The summed E-state index contributed by atoms with van der Waals surface area (Å²) in [7, 11) is 0. The van der Waals surface area contributed by atoms with Gasteiger partial charge in [-0.2, -0.15) is 0 Å². The van der Waals surface area contributed by atoms with Gasteiger partial charge in [-0.1, -0.05) is 68.4 Å². The van der Waals surface area contributed by atoms with E-state index in [0.29, 0.717) is 5.92 Å². The maximum atomic E-state index is 6.14. The second-order valence-corrected chi connectivity index (χ2v) is 6.74. The maximum Gasteiger partial charge on any atom is 0.0964 e. The van der Waals surface area contributed by atoms with E-state index >= 15 is 0 Å². The van der Waals surface area contributed by atoms with Crippen LogP contribution in [0.15, 0.2) is 79.1 Å². The van der Waals surface area contributed by atoms with E-state index in [1.54, 1.807) is 12.4 Å². The molecule has 0 fully saturated rings. The SMILES string of the molecule is CC(C)C(Cl)c1ccccc1.[Ru].c1cnc2c(c1)ccc1cccnc12. The molecule has 2 aromatic carbocycles. The monoisotopic (exact) mass is 450 g/mol. The first-order valence-electron chi connectivity index (χ1n) is 8.44. The molecular weight excluding hydrogens is 429 g/mol. The molecular formula is C22H21ClN2Ru. The predicted molar refractivity (Wildman–Crippen MR) is 107 cm³/mol. The number of halogens is 1. The fourth-order valence-corrected chi connectivity index (χ4v) is 2.85. The van der Waals surface area contributed by atoms with Crippen molar-refractivity contribution in [3.8, 4) is 0 Å². The Labute approximate surface area is 172 Å². The summed E-state index contributed by atoms with van der Waals surface area (Å²) in [5.41, 5.74) is 3.17. The summed E-state index contributed by atoms with van der Waals surface area (Å²) in [5.74, 6) is 0.499. The average Bonchev–Trinajstić information content (AvgIpc) is 2.68. The van der Waals surface area contributed by atoms with Gasteiger partial charge in [0.2, 0.25) is 0 Å². The van der Waals surface area contributed by atoms with Crippen LogP contribution in [-0.2, 0) is 19.5 Å². The molecule has 2 heterocycles. The van der Waals surface area contributed by atoms with Crippen molar-refractivity contribution in [1.82, 2.24) is 9.97 Å². The van der Waals surface area contributed by atoms with Crippen LogP contribution in [0.3, 0.4) is 0 Å². The first-order valence-corrected chi connectivity index (χ1v) is 8.88. The molecule has 26 heavy (non-hydrogen) atoms. The predicted octanol–water partition coefficient (Wildman–Crippen LogP) is 6.40. The molecule has 0 saturated carbocycles. The molecule has 0 N–H and O–H groups in total. The number of pyridine rings is 2. The zero-order valence-electron chi connectivity index (χ0n) is 14.8. The van der Waals surface area contributed by atoms with Gasteiger partial charge in [0.1, 0.15) is 0 Å². The summed E-state index contributed by atoms with van der Waals surface area (Å²) in [6.45, 7) is 4.26. The van der Waals surface area contributed by atoms with Gasteiger partial charge in [-0.25, -0.2) is 0 Å². The summed E-state index contributed by atoms with van der Waals surface area (Å²) in [6.07, 6.45) is 3.60. The van der Waals surface area contributed by atoms with Crippen molar-refractivity contribution in [2.24, 2.45) is 5.92 Å². The van der Waals surface area contributed by atoms with Crippen LogP contribution in [-0.4, -0.2) is 9.97 Å². The maximum absolute atomic E-state index is 6.14. The summed E-state index contributed by atoms with van der Waals surface area (Å²) < 4.78 is 0. The minimum absolute atomic E-state index is 0. The van der Waals surface area contributed by atoms with Crippen molar-refractivity contribution < 1.29 is 19.5 Å². The number of hydrogen-bond donors (Lipinski definition) is 0. The molecule has 4 heteroatoms. The van der Waals surface area contributed by atoms with Crippen LogP contribution in [0, 0.1) is 5.92 Å². The minimum Gasteiger partial charge on any atom is -0.254 e. The number of aromatic nitrogens is 2. The summed E-state index contributed by atoms with van der Waals surface area (Å²) in [4.78, 5) is 8.69. The number of hydrogen-bond acceptors (Lipinski definition) is 2. The largest absolute Gasteiger partial charge is 0.254 e. The summed E-state index contributed by atoms with van der Waals surface area (Å²) >= 11 is 6.14.